The van der Waals surface area contributed by atoms with E-state index in [1.54, 1.807) is 12.3 Å². The number of aromatic amines is 1. The van der Waals surface area contributed by atoms with Crippen LogP contribution in [-0.2, 0) is 15.1 Å². The minimum Gasteiger partial charge on any atom is -0.460 e. The average Bonchev–Trinajstić information content (AvgIpc) is 3.33. The Labute approximate surface area is 188 Å². The lowest BCUT2D eigenvalue weighted by atomic mass is 9.75. The molecule has 2 N–H and O–H groups in total. The molecule has 0 bridgehead atoms. The van der Waals surface area contributed by atoms with Crippen molar-refractivity contribution < 1.29 is 14.3 Å². The third kappa shape index (κ3) is 3.14. The Morgan fingerprint density at radius 3 is 2.62 bits per heavy atom. The normalized spacial score (nSPS) is 27.4. The van der Waals surface area contributed by atoms with Crippen LogP contribution in [0.5, 0.6) is 0 Å². The van der Waals surface area contributed by atoms with Gasteiger partial charge < -0.3 is 15.0 Å². The Kier molecular flexibility index (Phi) is 5.07. The number of para-hydroxylation sites is 2. The van der Waals surface area contributed by atoms with E-state index >= 15 is 0 Å². The van der Waals surface area contributed by atoms with Gasteiger partial charge in [0.05, 0.1) is 0 Å². The molecule has 0 radical (unpaired) electrons. The first-order valence-electron chi connectivity index (χ1n) is 11.6. The number of rotatable bonds is 4. The van der Waals surface area contributed by atoms with Crippen molar-refractivity contribution in [2.24, 2.45) is 17.8 Å². The number of aromatic nitrogens is 1. The number of hydrogen-bond acceptors (Lipinski definition) is 4. The Morgan fingerprint density at radius 1 is 1.09 bits per heavy atom. The maximum atomic E-state index is 14.0. The molecule has 3 aromatic rings. The average molecular weight is 431 g/mol. The van der Waals surface area contributed by atoms with Crippen molar-refractivity contribution in [3.05, 3.63) is 65.9 Å². The third-order valence-electron chi connectivity index (χ3n) is 7.35. The first-order valence-corrected chi connectivity index (χ1v) is 11.6. The molecule has 2 aromatic carbocycles. The second-order valence-electron chi connectivity index (χ2n) is 9.77. The highest BCUT2D eigenvalue weighted by molar-refractivity contribution is 6.26. The number of H-pyrrole nitrogens is 1. The molecule has 166 valence electrons. The van der Waals surface area contributed by atoms with E-state index < -0.39 is 11.5 Å². The van der Waals surface area contributed by atoms with Crippen LogP contribution >= 0.6 is 0 Å². The van der Waals surface area contributed by atoms with Gasteiger partial charge in [-0.3, -0.25) is 4.79 Å². The molecular weight excluding hydrogens is 400 g/mol. The number of hydrogen-bond donors (Lipinski definition) is 2. The largest absolute Gasteiger partial charge is 0.460 e. The van der Waals surface area contributed by atoms with Crippen LogP contribution in [0.25, 0.3) is 10.9 Å². The number of carbonyl (C=O) groups excluding carboxylic acids is 2. The lowest BCUT2D eigenvalue weighted by molar-refractivity contribution is -0.159. The van der Waals surface area contributed by atoms with Crippen LogP contribution in [0.2, 0.25) is 0 Å². The predicted molar refractivity (Wildman–Crippen MR) is 126 cm³/mol. The minimum atomic E-state index is -1.59. The fourth-order valence-electron chi connectivity index (χ4n) is 5.55. The number of nitrogens with one attached hydrogen (secondary N) is 2. The van der Waals surface area contributed by atoms with Gasteiger partial charge in [0.2, 0.25) is 11.3 Å². The highest BCUT2D eigenvalue weighted by Gasteiger charge is 2.56. The fourth-order valence-corrected chi connectivity index (χ4v) is 5.55. The fraction of sp³-hybridized carbons (Fsp3) is 0.407. The van der Waals surface area contributed by atoms with Gasteiger partial charge in [0, 0.05) is 33.9 Å². The number of carbonyl (C=O) groups is 2. The Morgan fingerprint density at radius 2 is 1.84 bits per heavy atom. The van der Waals surface area contributed by atoms with E-state index in [0.717, 1.165) is 30.2 Å². The summed E-state index contributed by atoms with van der Waals surface area (Å²) in [6.45, 7) is 6.58. The van der Waals surface area contributed by atoms with Gasteiger partial charge in [0.25, 0.3) is 0 Å². The SMILES string of the molecule is CC(C)C1CC[C@@H](C)C[C@H]1OC(=O)[C@]1(c2c[nH]c3ccccc23)Nc2ccccc2C1=O. The Balaban J connectivity index is 1.60. The number of esters is 1. The number of ether oxygens (including phenoxy) is 1. The zero-order valence-corrected chi connectivity index (χ0v) is 18.9. The standard InChI is InChI=1S/C27H30N2O3/c1-16(2)18-13-12-17(3)14-24(18)32-26(31)27(21-15-28-22-10-6-4-8-19(21)22)25(30)20-9-5-7-11-23(20)29-27/h4-11,15-18,24,28-29H,12-14H2,1-3H3/t17-,18?,24-,27-/m1/s1. The Bertz CT molecular complexity index is 1180. The molecule has 1 aromatic heterocycles. The van der Waals surface area contributed by atoms with Crippen molar-refractivity contribution in [1.29, 1.82) is 0 Å². The lowest BCUT2D eigenvalue weighted by Crippen LogP contribution is -2.50. The van der Waals surface area contributed by atoms with E-state index in [0.29, 0.717) is 34.6 Å². The minimum absolute atomic E-state index is 0.188. The summed E-state index contributed by atoms with van der Waals surface area (Å²) in [7, 11) is 0. The number of Topliss-reactive ketones (excluding diaryl/α,β-unsaturated/α-hetero) is 1. The first kappa shape index (κ1) is 20.8. The molecule has 1 aliphatic heterocycles. The van der Waals surface area contributed by atoms with Crippen LogP contribution in [0, 0.1) is 17.8 Å². The van der Waals surface area contributed by atoms with Crippen LogP contribution in [-0.4, -0.2) is 22.8 Å². The molecule has 0 spiro atoms. The van der Waals surface area contributed by atoms with Crippen LogP contribution in [0.15, 0.2) is 54.7 Å². The van der Waals surface area contributed by atoms with Crippen molar-refractivity contribution in [1.82, 2.24) is 4.98 Å². The van der Waals surface area contributed by atoms with Crippen molar-refractivity contribution in [2.75, 3.05) is 5.32 Å². The molecule has 2 heterocycles. The zero-order valence-electron chi connectivity index (χ0n) is 18.9. The van der Waals surface area contributed by atoms with Gasteiger partial charge in [-0.1, -0.05) is 57.5 Å². The van der Waals surface area contributed by atoms with Gasteiger partial charge in [0.15, 0.2) is 0 Å². The quantitative estimate of drug-likeness (QED) is 0.413. The molecular formula is C27H30N2O3. The van der Waals surface area contributed by atoms with Crippen molar-refractivity contribution >= 4 is 28.3 Å². The van der Waals surface area contributed by atoms with Gasteiger partial charge in [-0.05, 0) is 48.8 Å². The van der Waals surface area contributed by atoms with E-state index in [1.807, 2.05) is 42.5 Å². The number of benzene rings is 2. The summed E-state index contributed by atoms with van der Waals surface area (Å²) < 4.78 is 6.26. The van der Waals surface area contributed by atoms with Crippen LogP contribution in [0.4, 0.5) is 5.69 Å². The number of fused-ring (bicyclic) bond motifs is 2. The smallest absolute Gasteiger partial charge is 0.345 e. The second-order valence-corrected chi connectivity index (χ2v) is 9.77. The van der Waals surface area contributed by atoms with Crippen LogP contribution < -0.4 is 5.32 Å². The van der Waals surface area contributed by atoms with Crippen LogP contribution in [0.1, 0.15) is 56.0 Å². The highest BCUT2D eigenvalue weighted by atomic mass is 16.5. The number of anilines is 1. The molecule has 32 heavy (non-hydrogen) atoms. The zero-order chi connectivity index (χ0) is 22.5. The molecule has 0 saturated heterocycles. The first-order chi connectivity index (χ1) is 15.4. The summed E-state index contributed by atoms with van der Waals surface area (Å²) in [5.74, 6) is 0.445. The van der Waals surface area contributed by atoms with Gasteiger partial charge in [-0.2, -0.15) is 0 Å². The summed E-state index contributed by atoms with van der Waals surface area (Å²) in [6.07, 6.45) is 4.60. The monoisotopic (exact) mass is 430 g/mol. The molecule has 0 amide bonds. The van der Waals surface area contributed by atoms with Crippen molar-refractivity contribution in [2.45, 2.75) is 51.7 Å². The maximum absolute atomic E-state index is 14.0. The van der Waals surface area contributed by atoms with Crippen molar-refractivity contribution in [3.8, 4) is 0 Å². The molecule has 1 saturated carbocycles. The molecule has 1 fully saturated rings. The molecule has 5 nitrogen and oxygen atoms in total. The molecule has 4 atom stereocenters. The third-order valence-corrected chi connectivity index (χ3v) is 7.35. The highest BCUT2D eigenvalue weighted by Crippen LogP contribution is 2.44. The molecule has 5 heteroatoms. The summed E-state index contributed by atoms with van der Waals surface area (Å²) >= 11 is 0. The molecule has 5 rings (SSSR count). The van der Waals surface area contributed by atoms with Gasteiger partial charge in [-0.25, -0.2) is 4.79 Å². The maximum Gasteiger partial charge on any atom is 0.345 e. The van der Waals surface area contributed by atoms with Crippen LogP contribution in [0.3, 0.4) is 0 Å². The summed E-state index contributed by atoms with van der Waals surface area (Å²) in [5, 5.41) is 4.14. The Hall–Kier alpha value is -3.08. The predicted octanol–water partition coefficient (Wildman–Crippen LogP) is 5.68. The summed E-state index contributed by atoms with van der Waals surface area (Å²) in [4.78, 5) is 31.1. The van der Waals surface area contributed by atoms with Gasteiger partial charge in [-0.15, -0.1) is 0 Å². The number of ketones is 1. The van der Waals surface area contributed by atoms with E-state index in [9.17, 15) is 9.59 Å². The second kappa shape index (κ2) is 7.80. The molecule has 1 unspecified atom stereocenters. The molecule has 2 aliphatic rings. The lowest BCUT2D eigenvalue weighted by Gasteiger charge is -2.38. The topological polar surface area (TPSA) is 71.2 Å². The van der Waals surface area contributed by atoms with E-state index in [1.165, 1.54) is 0 Å². The van der Waals surface area contributed by atoms with E-state index in [4.69, 9.17) is 4.74 Å². The molecule has 1 aliphatic carbocycles. The van der Waals surface area contributed by atoms with Gasteiger partial charge in [0.1, 0.15) is 6.10 Å². The van der Waals surface area contributed by atoms with E-state index in [-0.39, 0.29) is 11.9 Å². The van der Waals surface area contributed by atoms with E-state index in [2.05, 4.69) is 31.1 Å². The summed E-state index contributed by atoms with van der Waals surface area (Å²) in [5.41, 5.74) is 1.09. The van der Waals surface area contributed by atoms with Gasteiger partial charge >= 0.3 is 5.97 Å². The van der Waals surface area contributed by atoms with Crippen molar-refractivity contribution in [3.63, 3.8) is 0 Å². The summed E-state index contributed by atoms with van der Waals surface area (Å²) in [6, 6.07) is 15.0.